The molecule has 4 heteroatoms. The molecule has 0 spiro atoms. The maximum atomic E-state index is 6.12. The number of furan rings is 1. The fourth-order valence-corrected chi connectivity index (χ4v) is 3.18. The minimum Gasteiger partial charge on any atom is -0.496 e. The number of nitrogens with two attached hydrogens (primary N) is 1. The van der Waals surface area contributed by atoms with Gasteiger partial charge < -0.3 is 14.9 Å². The number of hydrogen-bond acceptors (Lipinski definition) is 4. The van der Waals surface area contributed by atoms with E-state index in [1.165, 1.54) is 0 Å². The van der Waals surface area contributed by atoms with Gasteiger partial charge in [-0.3, -0.25) is 0 Å². The average molecular weight is 277 g/mol. The molecule has 3 nitrogen and oxygen atoms in total. The van der Waals surface area contributed by atoms with Crippen LogP contribution in [0.3, 0.4) is 0 Å². The molecule has 19 heavy (non-hydrogen) atoms. The lowest BCUT2D eigenvalue weighted by Gasteiger charge is -2.22. The fraction of sp³-hybridized carbons (Fsp3) is 0.333. The standard InChI is InChI=1S/C15H19NO2S/c1-11(16)15(19-10-12-6-5-9-18-12)13-7-3-4-8-14(13)17-2/h3-9,11,15H,10,16H2,1-2H3. The Labute approximate surface area is 118 Å². The summed E-state index contributed by atoms with van der Waals surface area (Å²) in [6.07, 6.45) is 1.69. The Morgan fingerprint density at radius 3 is 2.68 bits per heavy atom. The molecule has 2 unspecified atom stereocenters. The molecular formula is C15H19NO2S. The Hall–Kier alpha value is -1.39. The van der Waals surface area contributed by atoms with E-state index < -0.39 is 0 Å². The Kier molecular flexibility index (Phi) is 4.93. The molecule has 0 radical (unpaired) electrons. The molecular weight excluding hydrogens is 258 g/mol. The van der Waals surface area contributed by atoms with Crippen molar-refractivity contribution < 1.29 is 9.15 Å². The lowest BCUT2D eigenvalue weighted by Crippen LogP contribution is -2.23. The Morgan fingerprint density at radius 2 is 2.05 bits per heavy atom. The summed E-state index contributed by atoms with van der Waals surface area (Å²) < 4.78 is 10.8. The SMILES string of the molecule is COc1ccccc1C(SCc1ccco1)C(C)N. The summed E-state index contributed by atoms with van der Waals surface area (Å²) in [5.41, 5.74) is 7.26. The molecule has 2 rings (SSSR count). The third kappa shape index (κ3) is 3.55. The Balaban J connectivity index is 2.15. The van der Waals surface area contributed by atoms with Crippen LogP contribution in [-0.2, 0) is 5.75 Å². The average Bonchev–Trinajstić information content (AvgIpc) is 2.92. The van der Waals surface area contributed by atoms with E-state index in [1.54, 1.807) is 25.1 Å². The molecule has 1 aromatic heterocycles. The molecule has 0 saturated heterocycles. The second-order valence-corrected chi connectivity index (χ2v) is 5.54. The summed E-state index contributed by atoms with van der Waals surface area (Å²) in [4.78, 5) is 0. The van der Waals surface area contributed by atoms with Gasteiger partial charge in [0.2, 0.25) is 0 Å². The van der Waals surface area contributed by atoms with Crippen LogP contribution in [0.2, 0.25) is 0 Å². The number of thioether (sulfide) groups is 1. The maximum absolute atomic E-state index is 6.12. The van der Waals surface area contributed by atoms with E-state index in [4.69, 9.17) is 14.9 Å². The van der Waals surface area contributed by atoms with E-state index in [0.29, 0.717) is 0 Å². The van der Waals surface area contributed by atoms with Crippen molar-refractivity contribution in [1.82, 2.24) is 0 Å². The van der Waals surface area contributed by atoms with E-state index >= 15 is 0 Å². The lowest BCUT2D eigenvalue weighted by molar-refractivity contribution is 0.408. The molecule has 2 atom stereocenters. The van der Waals surface area contributed by atoms with Gasteiger partial charge in [-0.05, 0) is 25.1 Å². The van der Waals surface area contributed by atoms with Crippen LogP contribution < -0.4 is 10.5 Å². The van der Waals surface area contributed by atoms with E-state index in [9.17, 15) is 0 Å². The zero-order valence-electron chi connectivity index (χ0n) is 11.2. The normalized spacial score (nSPS) is 14.1. The highest BCUT2D eigenvalue weighted by Crippen LogP contribution is 2.38. The molecule has 1 heterocycles. The third-order valence-electron chi connectivity index (χ3n) is 2.91. The van der Waals surface area contributed by atoms with Crippen LogP contribution in [0.4, 0.5) is 0 Å². The first-order valence-corrected chi connectivity index (χ1v) is 7.29. The highest BCUT2D eigenvalue weighted by molar-refractivity contribution is 7.98. The van der Waals surface area contributed by atoms with Crippen LogP contribution in [0.25, 0.3) is 0 Å². The van der Waals surface area contributed by atoms with Crippen LogP contribution in [-0.4, -0.2) is 13.2 Å². The van der Waals surface area contributed by atoms with Gasteiger partial charge in [0.15, 0.2) is 0 Å². The van der Waals surface area contributed by atoms with Gasteiger partial charge >= 0.3 is 0 Å². The molecule has 0 amide bonds. The molecule has 0 aliphatic heterocycles. The highest BCUT2D eigenvalue weighted by atomic mass is 32.2. The third-order valence-corrected chi connectivity index (χ3v) is 4.40. The second-order valence-electron chi connectivity index (χ2n) is 4.41. The number of hydrogen-bond donors (Lipinski definition) is 1. The van der Waals surface area contributed by atoms with E-state index in [0.717, 1.165) is 22.8 Å². The second kappa shape index (κ2) is 6.68. The van der Waals surface area contributed by atoms with Gasteiger partial charge in [-0.25, -0.2) is 0 Å². The van der Waals surface area contributed by atoms with Gasteiger partial charge in [0, 0.05) is 16.9 Å². The van der Waals surface area contributed by atoms with Crippen molar-refractivity contribution in [2.24, 2.45) is 5.73 Å². The minimum absolute atomic E-state index is 0.0382. The van der Waals surface area contributed by atoms with Crippen molar-refractivity contribution in [3.63, 3.8) is 0 Å². The van der Waals surface area contributed by atoms with E-state index in [2.05, 4.69) is 6.07 Å². The summed E-state index contributed by atoms with van der Waals surface area (Å²) in [5, 5.41) is 0.182. The monoisotopic (exact) mass is 277 g/mol. The van der Waals surface area contributed by atoms with Crippen LogP contribution >= 0.6 is 11.8 Å². The summed E-state index contributed by atoms with van der Waals surface area (Å²) in [7, 11) is 1.69. The first kappa shape index (κ1) is 14.0. The van der Waals surface area contributed by atoms with Crippen molar-refractivity contribution in [3.8, 4) is 5.75 Å². The van der Waals surface area contributed by atoms with Crippen LogP contribution in [0.1, 0.15) is 23.5 Å². The van der Waals surface area contributed by atoms with Crippen molar-refractivity contribution in [2.75, 3.05) is 7.11 Å². The van der Waals surface area contributed by atoms with Gasteiger partial charge in [-0.1, -0.05) is 18.2 Å². The number of para-hydroxylation sites is 1. The largest absolute Gasteiger partial charge is 0.496 e. The predicted molar refractivity (Wildman–Crippen MR) is 79.4 cm³/mol. The van der Waals surface area contributed by atoms with Crippen molar-refractivity contribution in [2.45, 2.75) is 24.0 Å². The van der Waals surface area contributed by atoms with E-state index in [1.807, 2.05) is 37.3 Å². The van der Waals surface area contributed by atoms with Crippen molar-refractivity contribution in [3.05, 3.63) is 54.0 Å². The van der Waals surface area contributed by atoms with Crippen LogP contribution in [0, 0.1) is 0 Å². The molecule has 0 aliphatic carbocycles. The lowest BCUT2D eigenvalue weighted by atomic mass is 10.1. The molecule has 0 bridgehead atoms. The Bertz CT molecular complexity index is 497. The van der Waals surface area contributed by atoms with Crippen LogP contribution in [0.15, 0.2) is 47.1 Å². The van der Waals surface area contributed by atoms with Crippen molar-refractivity contribution in [1.29, 1.82) is 0 Å². The molecule has 0 aliphatic rings. The fourth-order valence-electron chi connectivity index (χ4n) is 1.99. The molecule has 0 saturated carbocycles. The molecule has 1 aromatic carbocycles. The van der Waals surface area contributed by atoms with Crippen molar-refractivity contribution >= 4 is 11.8 Å². The smallest absolute Gasteiger partial charge is 0.123 e. The summed E-state index contributed by atoms with van der Waals surface area (Å²) in [6, 6.07) is 11.9. The number of benzene rings is 1. The summed E-state index contributed by atoms with van der Waals surface area (Å²) in [6.45, 7) is 2.02. The minimum atomic E-state index is 0.0382. The van der Waals surface area contributed by atoms with Gasteiger partial charge in [0.25, 0.3) is 0 Å². The summed E-state index contributed by atoms with van der Waals surface area (Å²) in [5.74, 6) is 2.65. The Morgan fingerprint density at radius 1 is 1.26 bits per heavy atom. The molecule has 0 fully saturated rings. The zero-order chi connectivity index (χ0) is 13.7. The van der Waals surface area contributed by atoms with Gasteiger partial charge in [-0.2, -0.15) is 0 Å². The predicted octanol–water partition coefficient (Wildman–Crippen LogP) is 3.61. The van der Waals surface area contributed by atoms with Gasteiger partial charge in [0.05, 0.1) is 19.1 Å². The molecule has 2 N–H and O–H groups in total. The van der Waals surface area contributed by atoms with E-state index in [-0.39, 0.29) is 11.3 Å². The first-order valence-electron chi connectivity index (χ1n) is 6.25. The van der Waals surface area contributed by atoms with Gasteiger partial charge in [0.1, 0.15) is 11.5 Å². The number of rotatable bonds is 6. The molecule has 2 aromatic rings. The number of methoxy groups -OCH3 is 1. The topological polar surface area (TPSA) is 48.4 Å². The van der Waals surface area contributed by atoms with Crippen LogP contribution in [0.5, 0.6) is 5.75 Å². The highest BCUT2D eigenvalue weighted by Gasteiger charge is 2.20. The first-order chi connectivity index (χ1) is 9.22. The zero-order valence-corrected chi connectivity index (χ0v) is 12.0. The summed E-state index contributed by atoms with van der Waals surface area (Å²) >= 11 is 1.77. The van der Waals surface area contributed by atoms with Gasteiger partial charge in [-0.15, -0.1) is 11.8 Å². The quantitative estimate of drug-likeness (QED) is 0.876. The number of ether oxygens (including phenoxy) is 1. The maximum Gasteiger partial charge on any atom is 0.123 e. The molecule has 102 valence electrons.